The molecule has 0 aliphatic heterocycles. The lowest BCUT2D eigenvalue weighted by molar-refractivity contribution is 0.0985. The van der Waals surface area contributed by atoms with Crippen molar-refractivity contribution in [1.29, 1.82) is 0 Å². The quantitative estimate of drug-likeness (QED) is 0.562. The van der Waals surface area contributed by atoms with E-state index in [-0.39, 0.29) is 11.7 Å². The highest BCUT2D eigenvalue weighted by Gasteiger charge is 2.09. The molecule has 5 heteroatoms. The standard InChI is InChI=1S/C19H16N2O3/c1-12(22)18-10-15(11-24-18)13-4-8-17(9-5-13)21-19(23)14-2-6-16(20)7-3-14/h2-11H,20H2,1H3,(H,21,23). The van der Waals surface area contributed by atoms with Crippen molar-refractivity contribution in [1.82, 2.24) is 0 Å². The maximum absolute atomic E-state index is 12.2. The number of rotatable bonds is 4. The molecule has 3 N–H and O–H groups in total. The number of carbonyl (C=O) groups excluding carboxylic acids is 2. The third kappa shape index (κ3) is 3.35. The third-order valence-corrected chi connectivity index (χ3v) is 3.60. The van der Waals surface area contributed by atoms with Crippen LogP contribution >= 0.6 is 0 Å². The van der Waals surface area contributed by atoms with Crippen LogP contribution in [0.15, 0.2) is 65.3 Å². The molecule has 0 atom stereocenters. The first kappa shape index (κ1) is 15.6. The second-order valence-corrected chi connectivity index (χ2v) is 5.41. The van der Waals surface area contributed by atoms with Crippen molar-refractivity contribution in [2.24, 2.45) is 0 Å². The summed E-state index contributed by atoms with van der Waals surface area (Å²) in [6, 6.07) is 15.7. The summed E-state index contributed by atoms with van der Waals surface area (Å²) in [5.74, 6) is 0.00397. The van der Waals surface area contributed by atoms with E-state index < -0.39 is 0 Å². The zero-order valence-electron chi connectivity index (χ0n) is 13.1. The van der Waals surface area contributed by atoms with Gasteiger partial charge in [0.25, 0.3) is 5.91 Å². The molecule has 0 aliphatic rings. The highest BCUT2D eigenvalue weighted by molar-refractivity contribution is 6.04. The maximum Gasteiger partial charge on any atom is 0.255 e. The number of carbonyl (C=O) groups is 2. The van der Waals surface area contributed by atoms with Gasteiger partial charge in [-0.1, -0.05) is 12.1 Å². The van der Waals surface area contributed by atoms with Gasteiger partial charge in [-0.2, -0.15) is 0 Å². The van der Waals surface area contributed by atoms with Gasteiger partial charge >= 0.3 is 0 Å². The molecule has 3 aromatic rings. The smallest absolute Gasteiger partial charge is 0.255 e. The zero-order valence-corrected chi connectivity index (χ0v) is 13.1. The van der Waals surface area contributed by atoms with Crippen molar-refractivity contribution >= 4 is 23.1 Å². The Morgan fingerprint density at radius 3 is 2.21 bits per heavy atom. The highest BCUT2D eigenvalue weighted by atomic mass is 16.3. The fraction of sp³-hybridized carbons (Fsp3) is 0.0526. The molecule has 5 nitrogen and oxygen atoms in total. The largest absolute Gasteiger partial charge is 0.461 e. The number of benzene rings is 2. The Labute approximate surface area is 139 Å². The average molecular weight is 320 g/mol. The molecule has 0 spiro atoms. The van der Waals surface area contributed by atoms with Crippen LogP contribution in [0.5, 0.6) is 0 Å². The monoisotopic (exact) mass is 320 g/mol. The number of nitrogen functional groups attached to an aromatic ring is 1. The van der Waals surface area contributed by atoms with Gasteiger partial charge in [0.15, 0.2) is 11.5 Å². The molecule has 3 rings (SSSR count). The van der Waals surface area contributed by atoms with Gasteiger partial charge in [0.05, 0.1) is 6.26 Å². The molecule has 0 saturated carbocycles. The Kier molecular flexibility index (Phi) is 4.16. The van der Waals surface area contributed by atoms with Crippen molar-refractivity contribution in [3.8, 4) is 11.1 Å². The van der Waals surface area contributed by atoms with Gasteiger partial charge in [-0.3, -0.25) is 9.59 Å². The molecular weight excluding hydrogens is 304 g/mol. The summed E-state index contributed by atoms with van der Waals surface area (Å²) in [6.07, 6.45) is 1.54. The van der Waals surface area contributed by atoms with E-state index in [1.54, 1.807) is 48.7 Å². The fourth-order valence-electron chi connectivity index (χ4n) is 2.26. The predicted octanol–water partition coefficient (Wildman–Crippen LogP) is 3.98. The van der Waals surface area contributed by atoms with Crippen molar-refractivity contribution < 1.29 is 14.0 Å². The van der Waals surface area contributed by atoms with E-state index in [9.17, 15) is 9.59 Å². The van der Waals surface area contributed by atoms with E-state index in [2.05, 4.69) is 5.32 Å². The Bertz CT molecular complexity index is 878. The summed E-state index contributed by atoms with van der Waals surface area (Å²) in [6.45, 7) is 1.46. The number of Topliss-reactive ketones (excluding diaryl/α,β-unsaturated/α-hetero) is 1. The topological polar surface area (TPSA) is 85.3 Å². The first-order valence-corrected chi connectivity index (χ1v) is 7.40. The first-order valence-electron chi connectivity index (χ1n) is 7.40. The summed E-state index contributed by atoms with van der Waals surface area (Å²) >= 11 is 0. The van der Waals surface area contributed by atoms with Crippen LogP contribution in [0.3, 0.4) is 0 Å². The SMILES string of the molecule is CC(=O)c1cc(-c2ccc(NC(=O)c3ccc(N)cc3)cc2)co1. The van der Waals surface area contributed by atoms with Crippen LogP contribution < -0.4 is 11.1 Å². The molecule has 0 radical (unpaired) electrons. The number of amides is 1. The molecule has 0 aliphatic carbocycles. The summed E-state index contributed by atoms with van der Waals surface area (Å²) in [4.78, 5) is 23.4. The van der Waals surface area contributed by atoms with Gasteiger partial charge in [0.2, 0.25) is 0 Å². The summed E-state index contributed by atoms with van der Waals surface area (Å²) in [5.41, 5.74) is 9.15. The van der Waals surface area contributed by atoms with Crippen LogP contribution in [-0.2, 0) is 0 Å². The van der Waals surface area contributed by atoms with Crippen molar-refractivity contribution in [3.63, 3.8) is 0 Å². The molecule has 2 aromatic carbocycles. The molecule has 0 fully saturated rings. The fourth-order valence-corrected chi connectivity index (χ4v) is 2.26. The number of ketones is 1. The zero-order chi connectivity index (χ0) is 17.1. The summed E-state index contributed by atoms with van der Waals surface area (Å²) < 4.78 is 5.21. The van der Waals surface area contributed by atoms with Crippen molar-refractivity contribution in [3.05, 3.63) is 72.2 Å². The van der Waals surface area contributed by atoms with E-state index in [1.165, 1.54) is 6.92 Å². The Balaban J connectivity index is 1.73. The molecule has 0 saturated heterocycles. The van der Waals surface area contributed by atoms with Gasteiger partial charge in [-0.05, 0) is 48.0 Å². The highest BCUT2D eigenvalue weighted by Crippen LogP contribution is 2.24. The van der Waals surface area contributed by atoms with Gasteiger partial charge in [0, 0.05) is 29.4 Å². The summed E-state index contributed by atoms with van der Waals surface area (Å²) in [7, 11) is 0. The number of furan rings is 1. The lowest BCUT2D eigenvalue weighted by Crippen LogP contribution is -2.11. The van der Waals surface area contributed by atoms with Crippen LogP contribution in [0.4, 0.5) is 11.4 Å². The Morgan fingerprint density at radius 2 is 1.62 bits per heavy atom. The van der Waals surface area contributed by atoms with Crippen LogP contribution in [0.25, 0.3) is 11.1 Å². The molecule has 1 aromatic heterocycles. The van der Waals surface area contributed by atoms with Crippen LogP contribution in [0, 0.1) is 0 Å². The maximum atomic E-state index is 12.2. The Hall–Kier alpha value is -3.34. The van der Waals surface area contributed by atoms with Gasteiger partial charge in [-0.25, -0.2) is 0 Å². The third-order valence-electron chi connectivity index (χ3n) is 3.60. The molecule has 24 heavy (non-hydrogen) atoms. The second-order valence-electron chi connectivity index (χ2n) is 5.41. The van der Waals surface area contributed by atoms with Crippen LogP contribution in [0.2, 0.25) is 0 Å². The number of hydrogen-bond donors (Lipinski definition) is 2. The first-order chi connectivity index (χ1) is 11.5. The van der Waals surface area contributed by atoms with Gasteiger partial charge < -0.3 is 15.5 Å². The van der Waals surface area contributed by atoms with E-state index in [0.29, 0.717) is 22.7 Å². The second kappa shape index (κ2) is 6.42. The van der Waals surface area contributed by atoms with E-state index in [4.69, 9.17) is 10.2 Å². The lowest BCUT2D eigenvalue weighted by atomic mass is 10.1. The van der Waals surface area contributed by atoms with E-state index in [0.717, 1.165) is 11.1 Å². The Morgan fingerprint density at radius 1 is 0.958 bits per heavy atom. The van der Waals surface area contributed by atoms with Crippen LogP contribution in [0.1, 0.15) is 27.8 Å². The average Bonchev–Trinajstić information content (AvgIpc) is 3.06. The molecule has 0 unspecified atom stereocenters. The molecule has 1 heterocycles. The van der Waals surface area contributed by atoms with Crippen molar-refractivity contribution in [2.45, 2.75) is 6.92 Å². The minimum atomic E-state index is -0.204. The molecular formula is C19H16N2O3. The van der Waals surface area contributed by atoms with E-state index in [1.807, 2.05) is 12.1 Å². The van der Waals surface area contributed by atoms with Crippen LogP contribution in [-0.4, -0.2) is 11.7 Å². The number of nitrogens with one attached hydrogen (secondary N) is 1. The lowest BCUT2D eigenvalue weighted by Gasteiger charge is -2.06. The molecule has 0 bridgehead atoms. The number of nitrogens with two attached hydrogens (primary N) is 1. The molecule has 1 amide bonds. The number of anilines is 2. The normalized spacial score (nSPS) is 10.4. The van der Waals surface area contributed by atoms with Crippen molar-refractivity contribution in [2.75, 3.05) is 11.1 Å². The predicted molar refractivity (Wildman–Crippen MR) is 93.0 cm³/mol. The summed E-state index contributed by atoms with van der Waals surface area (Å²) in [5, 5.41) is 2.82. The minimum absolute atomic E-state index is 0.117. The van der Waals surface area contributed by atoms with Gasteiger partial charge in [0.1, 0.15) is 0 Å². The van der Waals surface area contributed by atoms with E-state index >= 15 is 0 Å². The molecule has 120 valence electrons. The number of hydrogen-bond acceptors (Lipinski definition) is 4. The van der Waals surface area contributed by atoms with Gasteiger partial charge in [-0.15, -0.1) is 0 Å². The minimum Gasteiger partial charge on any atom is -0.461 e.